The number of anilines is 1. The first kappa shape index (κ1) is 21.8. The molecule has 1 amide bonds. The second-order valence-electron chi connectivity index (χ2n) is 7.04. The van der Waals surface area contributed by atoms with Crippen molar-refractivity contribution in [3.05, 3.63) is 72.4 Å². The second-order valence-corrected chi connectivity index (χ2v) is 8.95. The van der Waals surface area contributed by atoms with Crippen LogP contribution in [0.5, 0.6) is 11.5 Å². The smallest absolute Gasteiger partial charge is 0.246 e. The molecule has 2 heterocycles. The Balaban J connectivity index is 1.55. The standard InChI is InChI=1S/C22H21FN2O6S/c23-18-6-1-2-7-21(18)32(27,28)25(14-17-5-3-10-29-17)15-22(26)24-16-8-9-19-20(13-16)31-12-4-11-30-19/h1-3,5-10,13H,4,11-12,14-15H2,(H,24,26). The Bertz CT molecular complexity index is 1200. The van der Waals surface area contributed by atoms with Crippen LogP contribution in [0.4, 0.5) is 10.1 Å². The molecule has 3 aromatic rings. The van der Waals surface area contributed by atoms with Crippen LogP contribution in [-0.4, -0.2) is 38.4 Å². The molecule has 1 aliphatic rings. The topological polar surface area (TPSA) is 98.1 Å². The number of rotatable bonds is 7. The maximum Gasteiger partial charge on any atom is 0.246 e. The number of hydrogen-bond acceptors (Lipinski definition) is 6. The highest BCUT2D eigenvalue weighted by Gasteiger charge is 2.30. The molecule has 0 unspecified atom stereocenters. The van der Waals surface area contributed by atoms with E-state index in [1.807, 2.05) is 0 Å². The van der Waals surface area contributed by atoms with Crippen LogP contribution in [0.2, 0.25) is 0 Å². The summed E-state index contributed by atoms with van der Waals surface area (Å²) >= 11 is 0. The zero-order valence-corrected chi connectivity index (χ0v) is 17.8. The molecule has 1 aliphatic heterocycles. The van der Waals surface area contributed by atoms with Crippen LogP contribution in [0, 0.1) is 5.82 Å². The molecule has 1 N–H and O–H groups in total. The highest BCUT2D eigenvalue weighted by Crippen LogP contribution is 2.32. The van der Waals surface area contributed by atoms with Gasteiger partial charge >= 0.3 is 0 Å². The van der Waals surface area contributed by atoms with Crippen LogP contribution in [0.25, 0.3) is 0 Å². The van der Waals surface area contributed by atoms with Gasteiger partial charge in [-0.05, 0) is 36.4 Å². The fraction of sp³-hybridized carbons (Fsp3) is 0.227. The number of fused-ring (bicyclic) bond motifs is 1. The number of furan rings is 1. The number of nitrogens with zero attached hydrogens (tertiary/aromatic N) is 1. The SMILES string of the molecule is O=C(CN(Cc1ccco1)S(=O)(=O)c1ccccc1F)Nc1ccc2c(c1)OCCCO2. The van der Waals surface area contributed by atoms with E-state index < -0.39 is 33.2 Å². The largest absolute Gasteiger partial charge is 0.490 e. The van der Waals surface area contributed by atoms with E-state index in [9.17, 15) is 17.6 Å². The van der Waals surface area contributed by atoms with Crippen molar-refractivity contribution in [2.45, 2.75) is 17.9 Å². The summed E-state index contributed by atoms with van der Waals surface area (Å²) in [4.78, 5) is 12.2. The van der Waals surface area contributed by atoms with Gasteiger partial charge in [0, 0.05) is 18.2 Å². The number of hydrogen-bond donors (Lipinski definition) is 1. The minimum absolute atomic E-state index is 0.238. The molecule has 2 aromatic carbocycles. The second kappa shape index (κ2) is 9.41. The molecular formula is C22H21FN2O6S. The molecule has 10 heteroatoms. The van der Waals surface area contributed by atoms with E-state index in [-0.39, 0.29) is 6.54 Å². The van der Waals surface area contributed by atoms with Gasteiger partial charge in [-0.25, -0.2) is 12.8 Å². The summed E-state index contributed by atoms with van der Waals surface area (Å²) in [6.07, 6.45) is 2.13. The minimum Gasteiger partial charge on any atom is -0.490 e. The summed E-state index contributed by atoms with van der Waals surface area (Å²) in [5.74, 6) is -0.131. The molecule has 8 nitrogen and oxygen atoms in total. The van der Waals surface area contributed by atoms with Gasteiger partial charge in [0.15, 0.2) is 11.5 Å². The average Bonchev–Trinajstić information content (AvgIpc) is 3.16. The fourth-order valence-electron chi connectivity index (χ4n) is 3.20. The lowest BCUT2D eigenvalue weighted by Crippen LogP contribution is -2.37. The molecule has 0 radical (unpaired) electrons. The van der Waals surface area contributed by atoms with Crippen LogP contribution in [0.15, 0.2) is 70.2 Å². The first-order chi connectivity index (χ1) is 15.4. The van der Waals surface area contributed by atoms with Crippen LogP contribution in [0.1, 0.15) is 12.2 Å². The Labute approximate surface area is 184 Å². The highest BCUT2D eigenvalue weighted by atomic mass is 32.2. The van der Waals surface area contributed by atoms with Gasteiger partial charge in [0.1, 0.15) is 16.5 Å². The van der Waals surface area contributed by atoms with Gasteiger partial charge in [0.05, 0.1) is 32.6 Å². The highest BCUT2D eigenvalue weighted by molar-refractivity contribution is 7.89. The number of sulfonamides is 1. The first-order valence-electron chi connectivity index (χ1n) is 9.90. The molecular weight excluding hydrogens is 439 g/mol. The van der Waals surface area contributed by atoms with Gasteiger partial charge in [0.25, 0.3) is 0 Å². The van der Waals surface area contributed by atoms with Crippen molar-refractivity contribution in [1.82, 2.24) is 4.31 Å². The lowest BCUT2D eigenvalue weighted by molar-refractivity contribution is -0.116. The molecule has 0 atom stereocenters. The van der Waals surface area contributed by atoms with E-state index in [2.05, 4.69) is 5.32 Å². The van der Waals surface area contributed by atoms with Crippen LogP contribution in [-0.2, 0) is 21.4 Å². The van der Waals surface area contributed by atoms with Gasteiger partial charge in [-0.1, -0.05) is 12.1 Å². The van der Waals surface area contributed by atoms with Gasteiger partial charge in [0.2, 0.25) is 15.9 Å². The lowest BCUT2D eigenvalue weighted by atomic mass is 10.2. The third-order valence-electron chi connectivity index (χ3n) is 4.72. The van der Waals surface area contributed by atoms with Crippen molar-refractivity contribution in [2.24, 2.45) is 0 Å². The van der Waals surface area contributed by atoms with Crippen molar-refractivity contribution >= 4 is 21.6 Å². The summed E-state index contributed by atoms with van der Waals surface area (Å²) in [6.45, 7) is 0.237. The Hall–Kier alpha value is -3.37. The van der Waals surface area contributed by atoms with Crippen molar-refractivity contribution in [3.8, 4) is 11.5 Å². The van der Waals surface area contributed by atoms with E-state index in [0.29, 0.717) is 36.2 Å². The van der Waals surface area contributed by atoms with E-state index >= 15 is 0 Å². The number of benzene rings is 2. The van der Waals surface area contributed by atoms with E-state index in [1.165, 1.54) is 18.4 Å². The van der Waals surface area contributed by atoms with Crippen LogP contribution < -0.4 is 14.8 Å². The number of carbonyl (C=O) groups is 1. The lowest BCUT2D eigenvalue weighted by Gasteiger charge is -2.21. The summed E-state index contributed by atoms with van der Waals surface area (Å²) in [5, 5.41) is 2.66. The molecule has 1 aromatic heterocycles. The van der Waals surface area contributed by atoms with Crippen LogP contribution in [0.3, 0.4) is 0 Å². The zero-order chi connectivity index (χ0) is 22.6. The Kier molecular flexibility index (Phi) is 6.42. The maximum absolute atomic E-state index is 14.2. The van der Waals surface area contributed by atoms with Gasteiger partial charge in [-0.2, -0.15) is 4.31 Å². The number of ether oxygens (including phenoxy) is 2. The maximum atomic E-state index is 14.2. The van der Waals surface area contributed by atoms with Crippen molar-refractivity contribution in [2.75, 3.05) is 25.1 Å². The minimum atomic E-state index is -4.32. The molecule has 168 valence electrons. The number of carbonyl (C=O) groups excluding carboxylic acids is 1. The molecule has 0 fully saturated rings. The number of halogens is 1. The summed E-state index contributed by atoms with van der Waals surface area (Å²) in [7, 11) is -4.32. The monoisotopic (exact) mass is 460 g/mol. The van der Waals surface area contributed by atoms with Crippen LogP contribution >= 0.6 is 0 Å². The molecule has 0 aliphatic carbocycles. The summed E-state index contributed by atoms with van der Waals surface area (Å²) in [6, 6.07) is 13.1. The van der Waals surface area contributed by atoms with Gasteiger partial charge in [-0.15, -0.1) is 0 Å². The molecule has 0 saturated carbocycles. The zero-order valence-electron chi connectivity index (χ0n) is 17.0. The number of amides is 1. The quantitative estimate of drug-likeness (QED) is 0.580. The first-order valence-corrected chi connectivity index (χ1v) is 11.3. The van der Waals surface area contributed by atoms with Gasteiger partial charge in [-0.3, -0.25) is 4.79 Å². The van der Waals surface area contributed by atoms with Gasteiger partial charge < -0.3 is 19.2 Å². The third-order valence-corrected chi connectivity index (χ3v) is 6.54. The van der Waals surface area contributed by atoms with Crippen molar-refractivity contribution in [1.29, 1.82) is 0 Å². The van der Waals surface area contributed by atoms with Crippen molar-refractivity contribution < 1.29 is 31.5 Å². The van der Waals surface area contributed by atoms with Crippen molar-refractivity contribution in [3.63, 3.8) is 0 Å². The fourth-order valence-corrected chi connectivity index (χ4v) is 4.62. The summed E-state index contributed by atoms with van der Waals surface area (Å²) in [5.41, 5.74) is 0.417. The molecule has 0 bridgehead atoms. The molecule has 4 rings (SSSR count). The van der Waals surface area contributed by atoms with E-state index in [1.54, 1.807) is 30.3 Å². The normalized spacial score (nSPS) is 13.6. The van der Waals surface area contributed by atoms with E-state index in [0.717, 1.165) is 22.9 Å². The summed E-state index contributed by atoms with van der Waals surface area (Å²) < 4.78 is 57.8. The van der Waals surface area contributed by atoms with E-state index in [4.69, 9.17) is 13.9 Å². The molecule has 0 spiro atoms. The number of nitrogens with one attached hydrogen (secondary N) is 1. The Morgan fingerprint density at radius 2 is 1.81 bits per heavy atom. The molecule has 0 saturated heterocycles. The Morgan fingerprint density at radius 1 is 1.03 bits per heavy atom. The predicted molar refractivity (Wildman–Crippen MR) is 113 cm³/mol. The third kappa shape index (κ3) is 4.92. The average molecular weight is 460 g/mol. The molecule has 32 heavy (non-hydrogen) atoms. The Morgan fingerprint density at radius 3 is 2.56 bits per heavy atom. The predicted octanol–water partition coefficient (Wildman–Crippen LogP) is 3.41.